The van der Waals surface area contributed by atoms with Crippen molar-refractivity contribution in [3.63, 3.8) is 0 Å². The molecule has 0 fully saturated rings. The van der Waals surface area contributed by atoms with E-state index in [9.17, 15) is 43.2 Å². The molecule has 0 aliphatic rings. The van der Waals surface area contributed by atoms with Crippen molar-refractivity contribution in [2.45, 2.75) is 445 Å². The van der Waals surface area contributed by atoms with Gasteiger partial charge in [0.1, 0.15) is 19.3 Å². The summed E-state index contributed by atoms with van der Waals surface area (Å²) in [5.74, 6) is -0.542. The minimum Gasteiger partial charge on any atom is -0.462 e. The molecule has 5 atom stereocenters. The topological polar surface area (TPSA) is 237 Å². The van der Waals surface area contributed by atoms with Crippen LogP contribution in [0.15, 0.2) is 0 Å². The summed E-state index contributed by atoms with van der Waals surface area (Å²) in [4.78, 5) is 72.9. The van der Waals surface area contributed by atoms with Crippen LogP contribution in [0.2, 0.25) is 0 Å². The molecule has 2 unspecified atom stereocenters. The van der Waals surface area contributed by atoms with E-state index in [1.54, 1.807) is 0 Å². The molecule has 0 saturated carbocycles. The highest BCUT2D eigenvalue weighted by Gasteiger charge is 2.30. The average molecular weight is 1470 g/mol. The Labute approximate surface area is 613 Å². The summed E-state index contributed by atoms with van der Waals surface area (Å²) in [5.41, 5.74) is 0. The van der Waals surface area contributed by atoms with Crippen molar-refractivity contribution in [1.29, 1.82) is 0 Å². The van der Waals surface area contributed by atoms with Gasteiger partial charge in [-0.2, -0.15) is 0 Å². The van der Waals surface area contributed by atoms with E-state index in [1.165, 1.54) is 231 Å². The Hall–Kier alpha value is -1.94. The number of ether oxygens (including phenoxy) is 4. The summed E-state index contributed by atoms with van der Waals surface area (Å²) in [6.45, 7) is 9.62. The van der Waals surface area contributed by atoms with E-state index < -0.39 is 97.5 Å². The van der Waals surface area contributed by atoms with Crippen LogP contribution in [0.4, 0.5) is 0 Å². The van der Waals surface area contributed by atoms with Gasteiger partial charge in [-0.1, -0.05) is 375 Å². The maximum atomic E-state index is 13.1. The second-order valence-corrected chi connectivity index (χ2v) is 33.0. The lowest BCUT2D eigenvalue weighted by atomic mass is 10.0. The van der Waals surface area contributed by atoms with Crippen LogP contribution in [0.5, 0.6) is 0 Å². The monoisotopic (exact) mass is 1470 g/mol. The van der Waals surface area contributed by atoms with Gasteiger partial charge in [-0.15, -0.1) is 0 Å². The van der Waals surface area contributed by atoms with Crippen molar-refractivity contribution in [3.8, 4) is 0 Å². The molecular formula is C81H158O17P2. The molecule has 100 heavy (non-hydrogen) atoms. The summed E-state index contributed by atoms with van der Waals surface area (Å²) < 4.78 is 68.6. The highest BCUT2D eigenvalue weighted by Crippen LogP contribution is 2.45. The first kappa shape index (κ1) is 98.1. The molecule has 0 saturated heterocycles. The summed E-state index contributed by atoms with van der Waals surface area (Å²) in [5, 5.41) is 10.6. The van der Waals surface area contributed by atoms with Gasteiger partial charge in [0.15, 0.2) is 12.2 Å². The summed E-state index contributed by atoms with van der Waals surface area (Å²) in [6.07, 6.45) is 62.7. The normalized spacial score (nSPS) is 13.9. The van der Waals surface area contributed by atoms with Crippen molar-refractivity contribution in [1.82, 2.24) is 0 Å². The number of esters is 4. The average Bonchev–Trinajstić information content (AvgIpc) is 0.981. The summed E-state index contributed by atoms with van der Waals surface area (Å²) in [6, 6.07) is 0. The van der Waals surface area contributed by atoms with Crippen LogP contribution in [0.25, 0.3) is 0 Å². The Morgan fingerprint density at radius 1 is 0.270 bits per heavy atom. The third kappa shape index (κ3) is 74.3. The van der Waals surface area contributed by atoms with Crippen LogP contribution in [0.3, 0.4) is 0 Å². The third-order valence-electron chi connectivity index (χ3n) is 19.0. The van der Waals surface area contributed by atoms with E-state index in [0.29, 0.717) is 25.7 Å². The number of hydrogen-bond acceptors (Lipinski definition) is 15. The van der Waals surface area contributed by atoms with Crippen molar-refractivity contribution in [2.75, 3.05) is 39.6 Å². The maximum absolute atomic E-state index is 13.1. The SMILES string of the molecule is CCCCCCCCCCCCCCCCCCCCCCCC(=O)O[C@H](COC(=O)CCCCCCCCCCCCCCCCCC(C)C)COP(=O)(O)OC[C@@H](O)COP(=O)(O)OC[C@@H](COC(=O)CCCCCCCCC)OC(=O)CCCCCCCCCCCCCC(C)C. The van der Waals surface area contributed by atoms with Crippen LogP contribution in [-0.2, 0) is 65.4 Å². The van der Waals surface area contributed by atoms with Gasteiger partial charge in [0, 0.05) is 25.7 Å². The minimum absolute atomic E-state index is 0.106. The molecule has 0 aliphatic carbocycles. The van der Waals surface area contributed by atoms with E-state index in [1.807, 2.05) is 0 Å². The first-order chi connectivity index (χ1) is 48.4. The zero-order valence-corrected chi connectivity index (χ0v) is 67.3. The number of aliphatic hydroxyl groups is 1. The molecule has 0 bridgehead atoms. The number of hydrogen-bond donors (Lipinski definition) is 3. The number of aliphatic hydroxyl groups excluding tert-OH is 1. The molecule has 0 spiro atoms. The van der Waals surface area contributed by atoms with Crippen LogP contribution in [0, 0.1) is 11.8 Å². The highest BCUT2D eigenvalue weighted by molar-refractivity contribution is 7.47. The fourth-order valence-electron chi connectivity index (χ4n) is 12.5. The Morgan fingerprint density at radius 3 is 0.680 bits per heavy atom. The van der Waals surface area contributed by atoms with Gasteiger partial charge >= 0.3 is 39.5 Å². The molecule has 0 amide bonds. The minimum atomic E-state index is -4.96. The molecular weight excluding hydrogens is 1310 g/mol. The van der Waals surface area contributed by atoms with Crippen molar-refractivity contribution in [3.05, 3.63) is 0 Å². The molecule has 0 aromatic heterocycles. The molecule has 0 rings (SSSR count). The number of carbonyl (C=O) groups excluding carboxylic acids is 4. The van der Waals surface area contributed by atoms with E-state index in [2.05, 4.69) is 41.5 Å². The Balaban J connectivity index is 5.17. The van der Waals surface area contributed by atoms with Crippen molar-refractivity contribution >= 4 is 39.5 Å². The first-order valence-electron chi connectivity index (χ1n) is 42.0. The Kier molecular flexibility index (Phi) is 71.2. The van der Waals surface area contributed by atoms with Gasteiger partial charge < -0.3 is 33.8 Å². The molecule has 0 aromatic carbocycles. The number of phosphoric acid groups is 2. The first-order valence-corrected chi connectivity index (χ1v) is 45.0. The van der Waals surface area contributed by atoms with Crippen LogP contribution in [-0.4, -0.2) is 96.7 Å². The Bertz CT molecular complexity index is 1920. The molecule has 0 aromatic rings. The van der Waals surface area contributed by atoms with Crippen LogP contribution < -0.4 is 0 Å². The lowest BCUT2D eigenvalue weighted by Gasteiger charge is -2.21. The van der Waals surface area contributed by atoms with Gasteiger partial charge in [0.25, 0.3) is 0 Å². The van der Waals surface area contributed by atoms with E-state index in [-0.39, 0.29) is 25.7 Å². The van der Waals surface area contributed by atoms with Gasteiger partial charge in [-0.25, -0.2) is 9.13 Å². The lowest BCUT2D eigenvalue weighted by Crippen LogP contribution is -2.30. The van der Waals surface area contributed by atoms with E-state index >= 15 is 0 Å². The van der Waals surface area contributed by atoms with Crippen molar-refractivity contribution < 1.29 is 80.2 Å². The molecule has 0 heterocycles. The second-order valence-electron chi connectivity index (χ2n) is 30.1. The Morgan fingerprint density at radius 2 is 0.460 bits per heavy atom. The van der Waals surface area contributed by atoms with Gasteiger partial charge in [0.05, 0.1) is 26.4 Å². The predicted octanol–water partition coefficient (Wildman–Crippen LogP) is 24.3. The van der Waals surface area contributed by atoms with Crippen LogP contribution in [0.1, 0.15) is 427 Å². The number of carbonyl (C=O) groups is 4. The molecule has 0 radical (unpaired) electrons. The number of rotatable bonds is 80. The highest BCUT2D eigenvalue weighted by atomic mass is 31.2. The summed E-state index contributed by atoms with van der Waals surface area (Å²) in [7, 11) is -9.91. The van der Waals surface area contributed by atoms with Crippen molar-refractivity contribution in [2.24, 2.45) is 11.8 Å². The fourth-order valence-corrected chi connectivity index (χ4v) is 14.1. The standard InChI is InChI=1S/C81H158O17P2/c1-7-9-11-13-15-16-17-18-19-20-21-22-23-24-27-31-36-41-47-53-59-65-80(85)98-77(70-92-79(84)64-58-52-46-40-35-30-28-25-26-29-33-38-44-49-55-61-73(3)4)72-96-100(89,90)94-68-75(82)67-93-99(87,88)95-71-76(69-91-78(83)63-57-51-43-14-12-10-8-2)97-81(86)66-60-54-48-42-37-32-34-39-45-50-56-62-74(5)6/h73-77,82H,7-72H2,1-6H3,(H,87,88)(H,89,90)/t75-,76+,77+/m0/s1. The largest absolute Gasteiger partial charge is 0.472 e. The smallest absolute Gasteiger partial charge is 0.462 e. The maximum Gasteiger partial charge on any atom is 0.472 e. The molecule has 594 valence electrons. The quantitative estimate of drug-likeness (QED) is 0.0222. The molecule has 0 aliphatic heterocycles. The predicted molar refractivity (Wildman–Crippen MR) is 409 cm³/mol. The van der Waals surface area contributed by atoms with Gasteiger partial charge in [-0.3, -0.25) is 37.3 Å². The lowest BCUT2D eigenvalue weighted by molar-refractivity contribution is -0.161. The van der Waals surface area contributed by atoms with Gasteiger partial charge in [0.2, 0.25) is 0 Å². The third-order valence-corrected chi connectivity index (χ3v) is 20.9. The van der Waals surface area contributed by atoms with E-state index in [4.69, 9.17) is 37.0 Å². The van der Waals surface area contributed by atoms with Gasteiger partial charge in [-0.05, 0) is 37.5 Å². The zero-order chi connectivity index (χ0) is 73.5. The molecule has 3 N–H and O–H groups in total. The number of unbranched alkanes of at least 4 members (excludes halogenated alkanes) is 50. The molecule has 17 nitrogen and oxygen atoms in total. The summed E-state index contributed by atoms with van der Waals surface area (Å²) >= 11 is 0. The number of phosphoric ester groups is 2. The zero-order valence-electron chi connectivity index (χ0n) is 65.5. The molecule has 19 heteroatoms. The fraction of sp³-hybridized carbons (Fsp3) is 0.951. The van der Waals surface area contributed by atoms with E-state index in [0.717, 1.165) is 115 Å². The van der Waals surface area contributed by atoms with Crippen LogP contribution >= 0.6 is 15.6 Å². The second kappa shape index (κ2) is 72.6.